The molecule has 2 rings (SSSR count). The van der Waals surface area contributed by atoms with Crippen molar-refractivity contribution in [2.75, 3.05) is 11.9 Å². The highest BCUT2D eigenvalue weighted by Gasteiger charge is 2.45. The van der Waals surface area contributed by atoms with E-state index in [1.54, 1.807) is 0 Å². The highest BCUT2D eigenvalue weighted by Crippen LogP contribution is 2.31. The molecule has 2 aromatic rings. The molecule has 0 aliphatic rings. The summed E-state index contributed by atoms with van der Waals surface area (Å²) in [6.45, 7) is 2.77. The lowest BCUT2D eigenvalue weighted by Gasteiger charge is -2.16. The molecule has 134 valence electrons. The maximum absolute atomic E-state index is 14.1. The molecule has 0 bridgehead atoms. The van der Waals surface area contributed by atoms with Gasteiger partial charge in [0.1, 0.15) is 11.5 Å². The molecule has 0 saturated carbocycles. The summed E-state index contributed by atoms with van der Waals surface area (Å²) in [4.78, 5) is 23.7. The van der Waals surface area contributed by atoms with Gasteiger partial charge in [-0.15, -0.1) is 0 Å². The lowest BCUT2D eigenvalue weighted by Crippen LogP contribution is -2.31. The van der Waals surface area contributed by atoms with Crippen LogP contribution in [-0.4, -0.2) is 23.1 Å². The number of alkyl halides is 2. The molecular weight excluding hydrogens is 337 g/mol. The van der Waals surface area contributed by atoms with E-state index in [1.165, 1.54) is 45.2 Å². The normalized spacial score (nSPS) is 11.3. The summed E-state index contributed by atoms with van der Waals surface area (Å²) in [5.41, 5.74) is -0.0876. The van der Waals surface area contributed by atoms with Crippen LogP contribution in [0, 0.1) is 12.7 Å². The first-order valence-electron chi connectivity index (χ1n) is 7.47. The van der Waals surface area contributed by atoms with Crippen molar-refractivity contribution in [1.82, 2.24) is 4.57 Å². The van der Waals surface area contributed by atoms with Gasteiger partial charge in [-0.3, -0.25) is 4.79 Å². The molecule has 25 heavy (non-hydrogen) atoms. The number of aryl methyl sites for hydroxylation is 1. The quantitative estimate of drug-likeness (QED) is 0.838. The second-order valence-corrected chi connectivity index (χ2v) is 5.38. The van der Waals surface area contributed by atoms with E-state index >= 15 is 0 Å². The van der Waals surface area contributed by atoms with Crippen molar-refractivity contribution >= 4 is 17.6 Å². The van der Waals surface area contributed by atoms with Crippen LogP contribution in [0.3, 0.4) is 0 Å². The van der Waals surface area contributed by atoms with Gasteiger partial charge in [-0.25, -0.2) is 9.18 Å². The number of carbonyl (C=O) groups is 2. The summed E-state index contributed by atoms with van der Waals surface area (Å²) in [6.07, 6.45) is 0. The summed E-state index contributed by atoms with van der Waals surface area (Å²) in [5.74, 6) is -6.65. The molecule has 0 atom stereocenters. The summed E-state index contributed by atoms with van der Waals surface area (Å²) in [6, 6.07) is 6.13. The molecule has 0 fully saturated rings. The number of halogens is 3. The minimum absolute atomic E-state index is 0.0825. The number of esters is 1. The average molecular weight is 354 g/mol. The maximum atomic E-state index is 14.1. The lowest BCUT2D eigenvalue weighted by atomic mass is 10.2. The highest BCUT2D eigenvalue weighted by molar-refractivity contribution is 6.03. The number of carbonyl (C=O) groups excluding carboxylic acids is 2. The zero-order valence-corrected chi connectivity index (χ0v) is 13.9. The molecule has 1 N–H and O–H groups in total. The van der Waals surface area contributed by atoms with Crippen LogP contribution in [-0.2, 0) is 22.5 Å². The smallest absolute Gasteiger partial charge is 0.383 e. The van der Waals surface area contributed by atoms with Gasteiger partial charge in [0.25, 0.3) is 5.91 Å². The van der Waals surface area contributed by atoms with E-state index in [2.05, 4.69) is 10.1 Å². The summed E-state index contributed by atoms with van der Waals surface area (Å²) in [7, 11) is 1.24. The predicted molar refractivity (Wildman–Crippen MR) is 85.0 cm³/mol. The first kappa shape index (κ1) is 18.6. The number of hydrogen-bond acceptors (Lipinski definition) is 3. The molecule has 8 heteroatoms. The molecule has 0 aliphatic heterocycles. The number of aromatic nitrogens is 1. The fraction of sp³-hybridized carbons (Fsp3) is 0.294. The Hall–Kier alpha value is -2.77. The molecule has 0 unspecified atom stereocenters. The van der Waals surface area contributed by atoms with Gasteiger partial charge < -0.3 is 14.6 Å². The van der Waals surface area contributed by atoms with Gasteiger partial charge in [0.05, 0.1) is 12.3 Å². The van der Waals surface area contributed by atoms with Crippen molar-refractivity contribution in [2.45, 2.75) is 19.8 Å². The zero-order valence-electron chi connectivity index (χ0n) is 13.9. The first-order valence-corrected chi connectivity index (χ1v) is 7.47. The van der Waals surface area contributed by atoms with Gasteiger partial charge in [0, 0.05) is 12.7 Å². The van der Waals surface area contributed by atoms with Crippen LogP contribution < -0.4 is 5.32 Å². The predicted octanol–water partition coefficient (Wildman–Crippen LogP) is 3.38. The molecule has 5 nitrogen and oxygen atoms in total. The fourth-order valence-corrected chi connectivity index (χ4v) is 2.30. The molecule has 1 aromatic carbocycles. The molecule has 0 spiro atoms. The topological polar surface area (TPSA) is 60.3 Å². The van der Waals surface area contributed by atoms with Crippen molar-refractivity contribution < 1.29 is 27.5 Å². The Morgan fingerprint density at radius 1 is 1.24 bits per heavy atom. The molecule has 1 heterocycles. The second kappa shape index (κ2) is 7.00. The third-order valence-corrected chi connectivity index (χ3v) is 3.62. The number of anilines is 1. The van der Waals surface area contributed by atoms with E-state index in [0.717, 1.165) is 10.6 Å². The van der Waals surface area contributed by atoms with E-state index in [1.807, 2.05) is 0 Å². The van der Waals surface area contributed by atoms with E-state index < -0.39 is 29.3 Å². The van der Waals surface area contributed by atoms with Crippen molar-refractivity contribution in [3.8, 4) is 0 Å². The highest BCUT2D eigenvalue weighted by atomic mass is 19.3. The molecule has 0 saturated heterocycles. The Balaban J connectivity index is 2.26. The first-order chi connectivity index (χ1) is 11.7. The molecule has 1 amide bonds. The third kappa shape index (κ3) is 3.67. The second-order valence-electron chi connectivity index (χ2n) is 5.38. The Labute approximate surface area is 142 Å². The molecular formula is C17H17F3N2O3. The van der Waals surface area contributed by atoms with Crippen molar-refractivity contribution in [3.63, 3.8) is 0 Å². The van der Waals surface area contributed by atoms with Gasteiger partial charge in [0.2, 0.25) is 0 Å². The third-order valence-electron chi connectivity index (χ3n) is 3.62. The van der Waals surface area contributed by atoms with Crippen molar-refractivity contribution in [3.05, 3.63) is 53.1 Å². The number of nitrogens with one attached hydrogen (secondary N) is 1. The number of nitrogens with zero attached hydrogens (tertiary/aromatic N) is 1. The molecule has 0 radical (unpaired) electrons. The number of amides is 1. The number of hydrogen-bond donors (Lipinski definition) is 1. The standard InChI is InChI=1S/C17H17F3N2O3/c1-4-25-16(24)17(19,20)14-8-7-13(22(14)3)15(23)21-11-5-6-12(18)10(2)9-11/h5-9H,4H2,1-3H3,(H,21,23). The number of benzene rings is 1. The van der Waals surface area contributed by atoms with Crippen molar-refractivity contribution in [1.29, 1.82) is 0 Å². The zero-order chi connectivity index (χ0) is 18.8. The van der Waals surface area contributed by atoms with E-state index in [4.69, 9.17) is 0 Å². The van der Waals surface area contributed by atoms with Gasteiger partial charge >= 0.3 is 11.9 Å². The van der Waals surface area contributed by atoms with Crippen LogP contribution in [0.15, 0.2) is 30.3 Å². The Kier molecular flexibility index (Phi) is 5.20. The van der Waals surface area contributed by atoms with Crippen LogP contribution in [0.5, 0.6) is 0 Å². The van der Waals surface area contributed by atoms with Crippen LogP contribution >= 0.6 is 0 Å². The Morgan fingerprint density at radius 2 is 1.92 bits per heavy atom. The Morgan fingerprint density at radius 3 is 2.52 bits per heavy atom. The van der Waals surface area contributed by atoms with E-state index in [0.29, 0.717) is 11.3 Å². The Bertz CT molecular complexity index is 815. The van der Waals surface area contributed by atoms with E-state index in [9.17, 15) is 22.8 Å². The van der Waals surface area contributed by atoms with Crippen molar-refractivity contribution in [2.24, 2.45) is 7.05 Å². The SMILES string of the molecule is CCOC(=O)C(F)(F)c1ccc(C(=O)Nc2ccc(F)c(C)c2)n1C. The van der Waals surface area contributed by atoms with Crippen LogP contribution in [0.2, 0.25) is 0 Å². The van der Waals surface area contributed by atoms with Gasteiger partial charge in [-0.1, -0.05) is 0 Å². The molecule has 0 aliphatic carbocycles. The van der Waals surface area contributed by atoms with Crippen LogP contribution in [0.1, 0.15) is 28.7 Å². The summed E-state index contributed by atoms with van der Waals surface area (Å²) >= 11 is 0. The lowest BCUT2D eigenvalue weighted by molar-refractivity contribution is -0.174. The van der Waals surface area contributed by atoms with Gasteiger partial charge in [-0.05, 0) is 49.7 Å². The number of rotatable bonds is 5. The maximum Gasteiger partial charge on any atom is 0.383 e. The summed E-state index contributed by atoms with van der Waals surface area (Å²) < 4.78 is 46.8. The van der Waals surface area contributed by atoms with Crippen LogP contribution in [0.4, 0.5) is 18.9 Å². The molecule has 1 aromatic heterocycles. The monoisotopic (exact) mass is 354 g/mol. The van der Waals surface area contributed by atoms with E-state index in [-0.39, 0.29) is 12.3 Å². The van der Waals surface area contributed by atoms with Gasteiger partial charge in [0.15, 0.2) is 0 Å². The van der Waals surface area contributed by atoms with Crippen LogP contribution in [0.25, 0.3) is 0 Å². The van der Waals surface area contributed by atoms with Gasteiger partial charge in [-0.2, -0.15) is 8.78 Å². The number of ether oxygens (including phenoxy) is 1. The fourth-order valence-electron chi connectivity index (χ4n) is 2.30. The largest absolute Gasteiger partial charge is 0.461 e. The summed E-state index contributed by atoms with van der Waals surface area (Å²) in [5, 5.41) is 2.50. The average Bonchev–Trinajstić information content (AvgIpc) is 2.93. The minimum atomic E-state index is -3.88. The minimum Gasteiger partial charge on any atom is -0.461 e.